The maximum atomic E-state index is 12.3. The molecule has 0 unspecified atom stereocenters. The quantitative estimate of drug-likeness (QED) is 0.686. The lowest BCUT2D eigenvalue weighted by Crippen LogP contribution is -2.22. The van der Waals surface area contributed by atoms with Gasteiger partial charge in [-0.15, -0.1) is 0 Å². The number of ether oxygens (including phenoxy) is 1. The fourth-order valence-corrected chi connectivity index (χ4v) is 2.66. The van der Waals surface area contributed by atoms with Gasteiger partial charge in [0.05, 0.1) is 6.20 Å². The van der Waals surface area contributed by atoms with E-state index in [-0.39, 0.29) is 18.3 Å². The molecule has 0 aliphatic rings. The molecule has 1 aromatic carbocycles. The van der Waals surface area contributed by atoms with Gasteiger partial charge < -0.3 is 14.5 Å². The van der Waals surface area contributed by atoms with Crippen LogP contribution in [0.2, 0.25) is 0 Å². The van der Waals surface area contributed by atoms with Crippen LogP contribution in [0.3, 0.4) is 0 Å². The monoisotopic (exact) mass is 367 g/mol. The molecule has 1 N–H and O–H groups in total. The topological polar surface area (TPSA) is 69.3 Å². The van der Waals surface area contributed by atoms with E-state index in [1.165, 1.54) is 5.56 Å². The first-order chi connectivity index (χ1) is 12.9. The van der Waals surface area contributed by atoms with E-state index in [1.54, 1.807) is 23.0 Å². The summed E-state index contributed by atoms with van der Waals surface area (Å²) in [4.78, 5) is 12.3. The van der Waals surface area contributed by atoms with Crippen molar-refractivity contribution in [2.75, 3.05) is 0 Å². The van der Waals surface area contributed by atoms with Gasteiger partial charge in [0.15, 0.2) is 5.76 Å². The number of furan rings is 1. The average molecular weight is 367 g/mol. The van der Waals surface area contributed by atoms with Gasteiger partial charge >= 0.3 is 0 Å². The van der Waals surface area contributed by atoms with Crippen molar-refractivity contribution in [2.24, 2.45) is 7.05 Å². The molecule has 1 amide bonds. The second kappa shape index (κ2) is 8.12. The van der Waals surface area contributed by atoms with Crippen molar-refractivity contribution in [3.8, 4) is 5.75 Å². The number of aryl methyl sites for hydroxylation is 1. The molecule has 0 bridgehead atoms. The van der Waals surface area contributed by atoms with Gasteiger partial charge in [-0.3, -0.25) is 9.48 Å². The van der Waals surface area contributed by atoms with Gasteiger partial charge in [-0.1, -0.05) is 26.0 Å². The zero-order valence-electron chi connectivity index (χ0n) is 16.2. The van der Waals surface area contributed by atoms with Gasteiger partial charge in [0.1, 0.15) is 18.1 Å². The molecule has 0 atom stereocenters. The van der Waals surface area contributed by atoms with E-state index >= 15 is 0 Å². The molecule has 2 aromatic heterocycles. The molecule has 0 radical (unpaired) electrons. The summed E-state index contributed by atoms with van der Waals surface area (Å²) in [6.45, 7) is 6.95. The van der Waals surface area contributed by atoms with Crippen molar-refractivity contribution < 1.29 is 13.9 Å². The molecule has 0 aliphatic carbocycles. The van der Waals surface area contributed by atoms with Crippen molar-refractivity contribution >= 4 is 5.91 Å². The summed E-state index contributed by atoms with van der Waals surface area (Å²) in [5, 5.41) is 7.01. The summed E-state index contributed by atoms with van der Waals surface area (Å²) < 4.78 is 13.1. The molecule has 2 heterocycles. The molecule has 0 saturated heterocycles. The highest BCUT2D eigenvalue weighted by Crippen LogP contribution is 2.20. The minimum absolute atomic E-state index is 0.259. The zero-order valence-corrected chi connectivity index (χ0v) is 16.2. The first-order valence-electron chi connectivity index (χ1n) is 9.01. The molecule has 6 nitrogen and oxygen atoms in total. The Bertz CT molecular complexity index is 907. The van der Waals surface area contributed by atoms with E-state index in [9.17, 15) is 4.79 Å². The molecule has 142 valence electrons. The second-order valence-electron chi connectivity index (χ2n) is 6.84. The molecule has 3 rings (SSSR count). The Morgan fingerprint density at radius 2 is 1.96 bits per heavy atom. The molecule has 3 aromatic rings. The Morgan fingerprint density at radius 3 is 2.59 bits per heavy atom. The summed E-state index contributed by atoms with van der Waals surface area (Å²) in [7, 11) is 1.87. The summed E-state index contributed by atoms with van der Waals surface area (Å²) >= 11 is 0. The highest BCUT2D eigenvalue weighted by molar-refractivity contribution is 5.91. The Kier molecular flexibility index (Phi) is 5.64. The lowest BCUT2D eigenvalue weighted by Gasteiger charge is -2.08. The molecule has 0 aliphatic heterocycles. The smallest absolute Gasteiger partial charge is 0.287 e. The highest BCUT2D eigenvalue weighted by atomic mass is 16.5. The van der Waals surface area contributed by atoms with Crippen molar-refractivity contribution in [3.05, 3.63) is 70.9 Å². The van der Waals surface area contributed by atoms with E-state index < -0.39 is 0 Å². The maximum Gasteiger partial charge on any atom is 0.287 e. The van der Waals surface area contributed by atoms with Crippen molar-refractivity contribution in [3.63, 3.8) is 0 Å². The molecule has 27 heavy (non-hydrogen) atoms. The minimum atomic E-state index is -0.259. The van der Waals surface area contributed by atoms with Crippen LogP contribution in [-0.4, -0.2) is 15.7 Å². The molecular formula is C21H25N3O3. The second-order valence-corrected chi connectivity index (χ2v) is 6.84. The van der Waals surface area contributed by atoms with Gasteiger partial charge in [0.2, 0.25) is 0 Å². The van der Waals surface area contributed by atoms with Crippen LogP contribution in [-0.2, 0) is 20.2 Å². The largest absolute Gasteiger partial charge is 0.486 e. The SMILES string of the molecule is Cc1c(CNC(=O)c2ccc(COc3ccc(C(C)C)cc3)o2)cnn1C. The minimum Gasteiger partial charge on any atom is -0.486 e. The van der Waals surface area contributed by atoms with Crippen molar-refractivity contribution in [1.29, 1.82) is 0 Å². The number of hydrogen-bond donors (Lipinski definition) is 1. The number of aromatic nitrogens is 2. The van der Waals surface area contributed by atoms with E-state index in [0.29, 0.717) is 18.2 Å². The molecule has 6 heteroatoms. The average Bonchev–Trinajstić information content (AvgIpc) is 3.26. The number of carbonyl (C=O) groups is 1. The fraction of sp³-hybridized carbons (Fsp3) is 0.333. The van der Waals surface area contributed by atoms with E-state index in [1.807, 2.05) is 26.1 Å². The lowest BCUT2D eigenvalue weighted by molar-refractivity contribution is 0.0919. The Hall–Kier alpha value is -3.02. The third kappa shape index (κ3) is 4.58. The summed E-state index contributed by atoms with van der Waals surface area (Å²) in [6, 6.07) is 11.4. The molecule has 0 saturated carbocycles. The van der Waals surface area contributed by atoms with E-state index in [4.69, 9.17) is 9.15 Å². The Morgan fingerprint density at radius 1 is 1.22 bits per heavy atom. The highest BCUT2D eigenvalue weighted by Gasteiger charge is 2.13. The number of carbonyl (C=O) groups excluding carboxylic acids is 1. The van der Waals surface area contributed by atoms with Crippen LogP contribution in [0.25, 0.3) is 0 Å². The van der Waals surface area contributed by atoms with E-state index in [2.05, 4.69) is 36.4 Å². The first kappa shape index (κ1) is 18.8. The van der Waals surface area contributed by atoms with Crippen molar-refractivity contribution in [2.45, 2.75) is 39.8 Å². The predicted octanol–water partition coefficient (Wildman–Crippen LogP) is 3.95. The summed E-state index contributed by atoms with van der Waals surface area (Å²) in [6.07, 6.45) is 1.75. The zero-order chi connectivity index (χ0) is 19.4. The third-order valence-electron chi connectivity index (χ3n) is 4.59. The van der Waals surface area contributed by atoms with Crippen molar-refractivity contribution in [1.82, 2.24) is 15.1 Å². The number of nitrogens with zero attached hydrogens (tertiary/aromatic N) is 2. The maximum absolute atomic E-state index is 12.3. The number of nitrogens with one attached hydrogen (secondary N) is 1. The van der Waals surface area contributed by atoms with Crippen LogP contribution >= 0.6 is 0 Å². The Balaban J connectivity index is 1.53. The van der Waals surface area contributed by atoms with Gasteiger partial charge in [0, 0.05) is 24.8 Å². The first-order valence-corrected chi connectivity index (χ1v) is 9.01. The predicted molar refractivity (Wildman–Crippen MR) is 103 cm³/mol. The summed E-state index contributed by atoms with van der Waals surface area (Å²) in [5.74, 6) is 1.87. The van der Waals surface area contributed by atoms with Gasteiger partial charge in [0.25, 0.3) is 5.91 Å². The number of amides is 1. The third-order valence-corrected chi connectivity index (χ3v) is 4.59. The number of benzene rings is 1. The van der Waals surface area contributed by atoms with Crippen LogP contribution in [0.1, 0.15) is 52.9 Å². The van der Waals surface area contributed by atoms with Crippen LogP contribution in [0.4, 0.5) is 0 Å². The van der Waals surface area contributed by atoms with Crippen LogP contribution in [0.15, 0.2) is 47.0 Å². The van der Waals surface area contributed by atoms with Gasteiger partial charge in [-0.2, -0.15) is 5.10 Å². The standard InChI is InChI=1S/C21H25N3O3/c1-14(2)16-5-7-18(8-6-16)26-13-19-9-10-20(27-19)21(25)22-11-17-12-23-24(4)15(17)3/h5-10,12,14H,11,13H2,1-4H3,(H,22,25). The number of rotatable bonds is 7. The van der Waals surface area contributed by atoms with Gasteiger partial charge in [-0.05, 0) is 42.7 Å². The molecule has 0 spiro atoms. The molecular weight excluding hydrogens is 342 g/mol. The van der Waals surface area contributed by atoms with Crippen LogP contribution in [0, 0.1) is 6.92 Å². The fourth-order valence-electron chi connectivity index (χ4n) is 2.66. The Labute approximate surface area is 159 Å². The molecule has 0 fully saturated rings. The number of hydrogen-bond acceptors (Lipinski definition) is 4. The van der Waals surface area contributed by atoms with Crippen LogP contribution < -0.4 is 10.1 Å². The normalized spacial score (nSPS) is 11.0. The van der Waals surface area contributed by atoms with E-state index in [0.717, 1.165) is 17.0 Å². The lowest BCUT2D eigenvalue weighted by atomic mass is 10.0. The van der Waals surface area contributed by atoms with Gasteiger partial charge in [-0.25, -0.2) is 0 Å². The van der Waals surface area contributed by atoms with Crippen LogP contribution in [0.5, 0.6) is 5.75 Å². The summed E-state index contributed by atoms with van der Waals surface area (Å²) in [5.41, 5.74) is 3.27.